The minimum atomic E-state index is -0.588. The van der Waals surface area contributed by atoms with Gasteiger partial charge in [0.2, 0.25) is 5.76 Å². The summed E-state index contributed by atoms with van der Waals surface area (Å²) in [7, 11) is 1.27. The second-order valence-electron chi connectivity index (χ2n) is 7.76. The first-order valence-corrected chi connectivity index (χ1v) is 10.5. The van der Waals surface area contributed by atoms with Gasteiger partial charge in [0, 0.05) is 11.6 Å². The van der Waals surface area contributed by atoms with E-state index in [9.17, 15) is 14.4 Å². The van der Waals surface area contributed by atoms with Crippen LogP contribution in [0.2, 0.25) is 5.02 Å². The Morgan fingerprint density at radius 2 is 1.94 bits per heavy atom. The Morgan fingerprint density at radius 1 is 1.19 bits per heavy atom. The zero-order valence-electron chi connectivity index (χ0n) is 17.2. The number of hydrogen-bond acceptors (Lipinski definition) is 6. The van der Waals surface area contributed by atoms with Crippen LogP contribution in [-0.2, 0) is 17.8 Å². The highest BCUT2D eigenvalue weighted by Crippen LogP contribution is 2.30. The number of methoxy groups -OCH3 is 1. The summed E-state index contributed by atoms with van der Waals surface area (Å²) in [6.07, 6.45) is 3.47. The maximum Gasteiger partial charge on any atom is 0.373 e. The predicted molar refractivity (Wildman–Crippen MR) is 116 cm³/mol. The van der Waals surface area contributed by atoms with Gasteiger partial charge < -0.3 is 13.7 Å². The Balaban J connectivity index is 1.67. The number of carbonyl (C=O) groups is 1. The molecule has 0 N–H and O–H groups in total. The minimum Gasteiger partial charge on any atom is -0.463 e. The quantitative estimate of drug-likeness (QED) is 0.415. The summed E-state index contributed by atoms with van der Waals surface area (Å²) in [6.45, 7) is 0.518. The van der Waals surface area contributed by atoms with Crippen molar-refractivity contribution in [3.8, 4) is 5.69 Å². The molecule has 10 heteroatoms. The Morgan fingerprint density at radius 3 is 2.62 bits per heavy atom. The largest absolute Gasteiger partial charge is 0.463 e. The van der Waals surface area contributed by atoms with Crippen LogP contribution in [0.5, 0.6) is 0 Å². The summed E-state index contributed by atoms with van der Waals surface area (Å²) in [5.41, 5.74) is 0.239. The van der Waals surface area contributed by atoms with Crippen LogP contribution in [0.3, 0.4) is 0 Å². The molecule has 3 aromatic heterocycles. The van der Waals surface area contributed by atoms with E-state index in [0.29, 0.717) is 28.9 Å². The van der Waals surface area contributed by atoms with Crippen molar-refractivity contribution >= 4 is 28.7 Å². The number of fused-ring (bicyclic) bond motifs is 1. The van der Waals surface area contributed by atoms with Gasteiger partial charge >= 0.3 is 11.7 Å². The van der Waals surface area contributed by atoms with E-state index in [1.165, 1.54) is 28.6 Å². The molecule has 5 rings (SSSR count). The Kier molecular flexibility index (Phi) is 4.97. The lowest BCUT2D eigenvalue weighted by atomic mass is 10.3. The highest BCUT2D eigenvalue weighted by atomic mass is 35.5. The Bertz CT molecular complexity index is 1440. The van der Waals surface area contributed by atoms with Gasteiger partial charge in [-0.2, -0.15) is 0 Å². The van der Waals surface area contributed by atoms with Crippen molar-refractivity contribution in [3.63, 3.8) is 0 Å². The van der Waals surface area contributed by atoms with Crippen LogP contribution >= 0.6 is 11.6 Å². The number of halogens is 1. The number of esters is 1. The van der Waals surface area contributed by atoms with Crippen molar-refractivity contribution in [2.45, 2.75) is 25.9 Å². The van der Waals surface area contributed by atoms with Gasteiger partial charge in [0.1, 0.15) is 5.76 Å². The van der Waals surface area contributed by atoms with Crippen LogP contribution in [0.1, 0.15) is 29.2 Å². The minimum absolute atomic E-state index is 0.0659. The van der Waals surface area contributed by atoms with Gasteiger partial charge in [-0.15, -0.1) is 0 Å². The molecular weight excluding hydrogens is 436 g/mol. The predicted octanol–water partition coefficient (Wildman–Crippen LogP) is 2.84. The van der Waals surface area contributed by atoms with Crippen LogP contribution in [0.4, 0.5) is 0 Å². The molecule has 0 aliphatic heterocycles. The first-order valence-electron chi connectivity index (χ1n) is 10.1. The lowest BCUT2D eigenvalue weighted by molar-refractivity contribution is 0.0563. The summed E-state index contributed by atoms with van der Waals surface area (Å²) in [4.78, 5) is 42.7. The molecule has 0 atom stereocenters. The SMILES string of the molecule is COC(=O)c1ccc(Cn2cnc3c2c(=O)n(CC2CC2)c(=O)n3-c2ccc(Cl)cc2)o1. The fraction of sp³-hybridized carbons (Fsp3) is 0.273. The molecule has 1 aromatic carbocycles. The van der Waals surface area contributed by atoms with Gasteiger partial charge in [0.25, 0.3) is 5.56 Å². The van der Waals surface area contributed by atoms with Gasteiger partial charge in [0.05, 0.1) is 25.7 Å². The molecule has 0 amide bonds. The zero-order valence-corrected chi connectivity index (χ0v) is 17.9. The van der Waals surface area contributed by atoms with E-state index < -0.39 is 17.2 Å². The van der Waals surface area contributed by atoms with Gasteiger partial charge in [-0.25, -0.2) is 19.1 Å². The molecular formula is C22H19ClN4O5. The first-order chi connectivity index (χ1) is 15.5. The van der Waals surface area contributed by atoms with Crippen LogP contribution in [-0.4, -0.2) is 31.8 Å². The molecule has 32 heavy (non-hydrogen) atoms. The summed E-state index contributed by atoms with van der Waals surface area (Å²) < 4.78 is 14.5. The topological polar surface area (TPSA) is 101 Å². The molecule has 0 radical (unpaired) electrons. The maximum atomic E-state index is 13.3. The van der Waals surface area contributed by atoms with Crippen molar-refractivity contribution in [1.29, 1.82) is 0 Å². The average molecular weight is 455 g/mol. The molecule has 9 nitrogen and oxygen atoms in total. The molecule has 0 saturated heterocycles. The fourth-order valence-electron chi connectivity index (χ4n) is 3.68. The number of imidazole rings is 1. The number of benzene rings is 1. The normalized spacial score (nSPS) is 13.6. The molecule has 0 unspecified atom stereocenters. The monoisotopic (exact) mass is 454 g/mol. The second-order valence-corrected chi connectivity index (χ2v) is 8.19. The lowest BCUT2D eigenvalue weighted by Gasteiger charge is -2.12. The molecule has 1 fully saturated rings. The van der Waals surface area contributed by atoms with Crippen LogP contribution in [0.15, 0.2) is 56.7 Å². The summed E-state index contributed by atoms with van der Waals surface area (Å²) in [5.74, 6) is 0.244. The molecule has 1 aliphatic carbocycles. The molecule has 0 spiro atoms. The van der Waals surface area contributed by atoms with Crippen LogP contribution in [0.25, 0.3) is 16.9 Å². The highest BCUT2D eigenvalue weighted by Gasteiger charge is 2.26. The second kappa shape index (κ2) is 7.83. The summed E-state index contributed by atoms with van der Waals surface area (Å²) in [5, 5.41) is 0.536. The Hall–Kier alpha value is -3.59. The number of aromatic nitrogens is 4. The van der Waals surface area contributed by atoms with Gasteiger partial charge in [-0.3, -0.25) is 9.36 Å². The summed E-state index contributed by atoms with van der Waals surface area (Å²) >= 11 is 6.01. The molecule has 164 valence electrons. The van der Waals surface area contributed by atoms with Crippen molar-refractivity contribution in [2.24, 2.45) is 5.92 Å². The molecule has 1 aliphatic rings. The van der Waals surface area contributed by atoms with Crippen molar-refractivity contribution < 1.29 is 13.9 Å². The van der Waals surface area contributed by atoms with Gasteiger partial charge in [0.15, 0.2) is 11.2 Å². The number of furan rings is 1. The highest BCUT2D eigenvalue weighted by molar-refractivity contribution is 6.30. The Labute approximate surface area is 186 Å². The van der Waals surface area contributed by atoms with Gasteiger partial charge in [-0.05, 0) is 55.2 Å². The van der Waals surface area contributed by atoms with Gasteiger partial charge in [-0.1, -0.05) is 11.6 Å². The number of rotatable bonds is 6. The smallest absolute Gasteiger partial charge is 0.373 e. The van der Waals surface area contributed by atoms with Crippen molar-refractivity contribution in [3.05, 3.63) is 80.1 Å². The molecule has 3 heterocycles. The van der Waals surface area contributed by atoms with E-state index in [4.69, 9.17) is 16.0 Å². The van der Waals surface area contributed by atoms with Crippen LogP contribution in [0, 0.1) is 5.92 Å². The van der Waals surface area contributed by atoms with E-state index in [2.05, 4.69) is 9.72 Å². The fourth-order valence-corrected chi connectivity index (χ4v) is 3.81. The van der Waals surface area contributed by atoms with Crippen molar-refractivity contribution in [2.75, 3.05) is 7.11 Å². The van der Waals surface area contributed by atoms with E-state index >= 15 is 0 Å². The zero-order chi connectivity index (χ0) is 22.4. The maximum absolute atomic E-state index is 13.3. The van der Waals surface area contributed by atoms with E-state index in [-0.39, 0.29) is 23.5 Å². The van der Waals surface area contributed by atoms with Crippen LogP contribution < -0.4 is 11.2 Å². The number of ether oxygens (including phenoxy) is 1. The first kappa shape index (κ1) is 20.3. The lowest BCUT2D eigenvalue weighted by Crippen LogP contribution is -2.40. The van der Waals surface area contributed by atoms with E-state index in [1.807, 2.05) is 0 Å². The average Bonchev–Trinajstić information content (AvgIpc) is 3.33. The number of nitrogens with zero attached hydrogens (tertiary/aromatic N) is 4. The molecule has 4 aromatic rings. The third-order valence-electron chi connectivity index (χ3n) is 5.50. The van der Waals surface area contributed by atoms with E-state index in [1.54, 1.807) is 34.9 Å². The molecule has 0 bridgehead atoms. The van der Waals surface area contributed by atoms with E-state index in [0.717, 1.165) is 12.8 Å². The number of carbonyl (C=O) groups excluding carboxylic acids is 1. The van der Waals surface area contributed by atoms with Crippen molar-refractivity contribution in [1.82, 2.24) is 18.7 Å². The summed E-state index contributed by atoms with van der Waals surface area (Å²) in [6, 6.07) is 9.93. The third-order valence-corrected chi connectivity index (χ3v) is 5.75. The number of hydrogen-bond donors (Lipinski definition) is 0. The third kappa shape index (κ3) is 3.54. The standard InChI is InChI=1S/C22H19ClN4O5/c1-31-21(29)17-9-8-16(32-17)11-25-12-24-19-18(25)20(28)26(10-13-2-3-13)22(30)27(19)15-6-4-14(23)5-7-15/h4-9,12-13H,2-3,10-11H2,1H3. The molecule has 1 saturated carbocycles.